The van der Waals surface area contributed by atoms with E-state index in [2.05, 4.69) is 27.1 Å². The van der Waals surface area contributed by atoms with E-state index in [0.29, 0.717) is 45.4 Å². The molecule has 1 fully saturated rings. The molecule has 0 unspecified atom stereocenters. The maximum absolute atomic E-state index is 13.7. The number of aryl methyl sites for hydroxylation is 1. The number of aromatic nitrogens is 2. The number of hydrogen-bond acceptors (Lipinski definition) is 5. The molecule has 0 N–H and O–H groups in total. The van der Waals surface area contributed by atoms with E-state index in [0.717, 1.165) is 41.3 Å². The Bertz CT molecular complexity index is 1560. The number of nitrogens with zero attached hydrogens (tertiary/aromatic N) is 3. The summed E-state index contributed by atoms with van der Waals surface area (Å²) in [7, 11) is 1.57. The average molecular weight is 595 g/mol. The number of methoxy groups -OCH3 is 1. The first-order valence-corrected chi connectivity index (χ1v) is 13.9. The van der Waals surface area contributed by atoms with E-state index in [1.165, 1.54) is 11.1 Å². The third-order valence-corrected chi connectivity index (χ3v) is 7.56. The largest absolute Gasteiger partial charge is 0.493 e. The molecule has 0 spiro atoms. The maximum Gasteiger partial charge on any atom is 0.282 e. The minimum absolute atomic E-state index is 0.174. The van der Waals surface area contributed by atoms with Gasteiger partial charge in [-0.1, -0.05) is 76.6 Å². The van der Waals surface area contributed by atoms with Crippen LogP contribution in [0.1, 0.15) is 60.5 Å². The summed E-state index contributed by atoms with van der Waals surface area (Å²) in [5.74, 6) is 1.86. The molecule has 3 aromatic carbocycles. The van der Waals surface area contributed by atoms with E-state index in [9.17, 15) is 4.79 Å². The van der Waals surface area contributed by atoms with Crippen molar-refractivity contribution in [2.75, 3.05) is 7.11 Å². The molecule has 196 valence electrons. The lowest BCUT2D eigenvalue weighted by molar-refractivity contribution is 0.284. The van der Waals surface area contributed by atoms with Gasteiger partial charge in [-0.25, -0.2) is 4.98 Å². The Morgan fingerprint density at radius 1 is 1.13 bits per heavy atom. The van der Waals surface area contributed by atoms with Gasteiger partial charge < -0.3 is 9.47 Å². The zero-order valence-electron chi connectivity index (χ0n) is 21.4. The second-order valence-electron chi connectivity index (χ2n) is 9.63. The van der Waals surface area contributed by atoms with E-state index in [1.54, 1.807) is 31.5 Å². The molecule has 1 aromatic heterocycles. The molecule has 0 aliphatic heterocycles. The van der Waals surface area contributed by atoms with Gasteiger partial charge in [0.25, 0.3) is 5.56 Å². The predicted octanol–water partition coefficient (Wildman–Crippen LogP) is 7.64. The number of fused-ring (bicyclic) bond motifs is 1. The monoisotopic (exact) mass is 593 g/mol. The van der Waals surface area contributed by atoms with Crippen LogP contribution >= 0.6 is 27.5 Å². The van der Waals surface area contributed by atoms with Crippen LogP contribution in [0, 0.1) is 6.92 Å². The summed E-state index contributed by atoms with van der Waals surface area (Å²) in [5, 5.41) is 5.67. The lowest BCUT2D eigenvalue weighted by Crippen LogP contribution is -2.25. The highest BCUT2D eigenvalue weighted by Gasteiger charge is 2.23. The Morgan fingerprint density at radius 2 is 1.95 bits per heavy atom. The summed E-state index contributed by atoms with van der Waals surface area (Å²) >= 11 is 9.89. The molecule has 1 heterocycles. The third-order valence-electron chi connectivity index (χ3n) is 6.85. The van der Waals surface area contributed by atoms with Crippen molar-refractivity contribution in [3.63, 3.8) is 0 Å². The second-order valence-corrected chi connectivity index (χ2v) is 11.0. The van der Waals surface area contributed by atoms with E-state index < -0.39 is 0 Å². The fraction of sp³-hybridized carbons (Fsp3) is 0.300. The Hall–Kier alpha value is -3.16. The Labute approximate surface area is 235 Å². The first-order valence-electron chi connectivity index (χ1n) is 12.8. The summed E-state index contributed by atoms with van der Waals surface area (Å²) in [6.07, 6.45) is 7.02. The first kappa shape index (κ1) is 26.4. The van der Waals surface area contributed by atoms with Crippen molar-refractivity contribution in [3.8, 4) is 11.5 Å². The highest BCUT2D eigenvalue weighted by molar-refractivity contribution is 9.10. The third kappa shape index (κ3) is 5.79. The highest BCUT2D eigenvalue weighted by Crippen LogP contribution is 2.35. The van der Waals surface area contributed by atoms with Crippen LogP contribution in [0.4, 0.5) is 0 Å². The number of rotatable bonds is 7. The van der Waals surface area contributed by atoms with Gasteiger partial charge in [0.15, 0.2) is 11.5 Å². The number of halogens is 2. The smallest absolute Gasteiger partial charge is 0.282 e. The molecule has 1 saturated carbocycles. The minimum Gasteiger partial charge on any atom is -0.493 e. The fourth-order valence-corrected chi connectivity index (χ4v) is 5.55. The van der Waals surface area contributed by atoms with Crippen LogP contribution in [0.2, 0.25) is 5.02 Å². The molecular formula is C30H29BrClN3O3. The van der Waals surface area contributed by atoms with Crippen molar-refractivity contribution in [3.05, 3.63) is 97.0 Å². The van der Waals surface area contributed by atoms with Crippen molar-refractivity contribution >= 4 is 44.6 Å². The van der Waals surface area contributed by atoms with Gasteiger partial charge in [0, 0.05) is 27.0 Å². The molecule has 0 bridgehead atoms. The second kappa shape index (κ2) is 11.7. The number of ether oxygens (including phenoxy) is 2. The maximum atomic E-state index is 13.7. The zero-order valence-corrected chi connectivity index (χ0v) is 23.8. The average Bonchev–Trinajstić information content (AvgIpc) is 2.92. The van der Waals surface area contributed by atoms with E-state index in [4.69, 9.17) is 26.1 Å². The van der Waals surface area contributed by atoms with Crippen molar-refractivity contribution in [1.29, 1.82) is 0 Å². The van der Waals surface area contributed by atoms with Crippen molar-refractivity contribution in [1.82, 2.24) is 9.66 Å². The van der Waals surface area contributed by atoms with Crippen LogP contribution in [0.3, 0.4) is 0 Å². The summed E-state index contributed by atoms with van der Waals surface area (Å²) in [6, 6.07) is 17.2. The van der Waals surface area contributed by atoms with Crippen LogP contribution in [-0.4, -0.2) is 23.0 Å². The summed E-state index contributed by atoms with van der Waals surface area (Å²) in [6.45, 7) is 2.39. The molecule has 4 aromatic rings. The lowest BCUT2D eigenvalue weighted by atomic mass is 9.88. The van der Waals surface area contributed by atoms with Gasteiger partial charge in [-0.2, -0.15) is 9.78 Å². The lowest BCUT2D eigenvalue weighted by Gasteiger charge is -2.23. The molecule has 38 heavy (non-hydrogen) atoms. The van der Waals surface area contributed by atoms with Crippen LogP contribution in [0.25, 0.3) is 10.9 Å². The standard InChI is InChI=1S/C30H29BrClN3O3/c1-19-7-6-8-20(13-19)18-38-28-22(14-24(32)16-27(28)37-2)17-33-35-29(21-9-4-3-5-10-21)34-26-12-11-23(31)15-25(26)30(35)36/h6-8,11-17,21H,3-5,9-10,18H2,1-2H3. The Balaban J connectivity index is 1.59. The van der Waals surface area contributed by atoms with Crippen molar-refractivity contribution in [2.45, 2.75) is 51.6 Å². The topological polar surface area (TPSA) is 65.7 Å². The predicted molar refractivity (Wildman–Crippen MR) is 156 cm³/mol. The molecule has 0 saturated heterocycles. The minimum atomic E-state index is -0.204. The molecule has 5 rings (SSSR count). The fourth-order valence-electron chi connectivity index (χ4n) is 4.97. The molecule has 0 radical (unpaired) electrons. The quantitative estimate of drug-likeness (QED) is 0.206. The van der Waals surface area contributed by atoms with Gasteiger partial charge in [0.2, 0.25) is 0 Å². The summed E-state index contributed by atoms with van der Waals surface area (Å²) in [4.78, 5) is 18.6. The summed E-state index contributed by atoms with van der Waals surface area (Å²) in [5.41, 5.74) is 3.27. The van der Waals surface area contributed by atoms with Gasteiger partial charge in [0.05, 0.1) is 24.2 Å². The molecule has 8 heteroatoms. The van der Waals surface area contributed by atoms with E-state index >= 15 is 0 Å². The number of hydrogen-bond donors (Lipinski definition) is 0. The van der Waals surface area contributed by atoms with Gasteiger partial charge in [0.1, 0.15) is 12.4 Å². The number of benzene rings is 3. The van der Waals surface area contributed by atoms with Crippen molar-refractivity contribution in [2.24, 2.45) is 5.10 Å². The van der Waals surface area contributed by atoms with Crippen LogP contribution in [0.5, 0.6) is 11.5 Å². The normalized spacial score (nSPS) is 14.3. The SMILES string of the molecule is COc1cc(Cl)cc(C=Nn2c(C3CCCCC3)nc3ccc(Br)cc3c2=O)c1OCc1cccc(C)c1. The van der Waals surface area contributed by atoms with E-state index in [1.807, 2.05) is 37.3 Å². The van der Waals surface area contributed by atoms with Crippen LogP contribution in [-0.2, 0) is 6.61 Å². The van der Waals surface area contributed by atoms with Gasteiger partial charge >= 0.3 is 0 Å². The highest BCUT2D eigenvalue weighted by atomic mass is 79.9. The molecule has 0 amide bonds. The first-order chi connectivity index (χ1) is 18.4. The Kier molecular flexibility index (Phi) is 8.15. The van der Waals surface area contributed by atoms with Gasteiger partial charge in [-0.15, -0.1) is 0 Å². The van der Waals surface area contributed by atoms with Crippen LogP contribution in [0.15, 0.2) is 69.0 Å². The molecular weight excluding hydrogens is 566 g/mol. The molecule has 6 nitrogen and oxygen atoms in total. The van der Waals surface area contributed by atoms with Gasteiger partial charge in [-0.3, -0.25) is 4.79 Å². The molecule has 1 aliphatic rings. The van der Waals surface area contributed by atoms with Crippen molar-refractivity contribution < 1.29 is 9.47 Å². The van der Waals surface area contributed by atoms with Crippen LogP contribution < -0.4 is 15.0 Å². The zero-order chi connectivity index (χ0) is 26.6. The van der Waals surface area contributed by atoms with Gasteiger partial charge in [-0.05, 0) is 49.6 Å². The molecule has 0 atom stereocenters. The Morgan fingerprint density at radius 3 is 2.71 bits per heavy atom. The molecule has 1 aliphatic carbocycles. The van der Waals surface area contributed by atoms with E-state index in [-0.39, 0.29) is 11.5 Å². The summed E-state index contributed by atoms with van der Waals surface area (Å²) < 4.78 is 14.1.